The van der Waals surface area contributed by atoms with Crippen LogP contribution in [0.15, 0.2) is 12.3 Å². The highest BCUT2D eigenvalue weighted by atomic mass is 35.5. The molecule has 2 heterocycles. The van der Waals surface area contributed by atoms with Gasteiger partial charge in [-0.25, -0.2) is 0 Å². The lowest BCUT2D eigenvalue weighted by atomic mass is 10.2. The zero-order valence-corrected chi connectivity index (χ0v) is 8.01. The first kappa shape index (κ1) is 8.51. The van der Waals surface area contributed by atoms with E-state index in [4.69, 9.17) is 11.6 Å². The smallest absolute Gasteiger partial charge is 0.257 e. The van der Waals surface area contributed by atoms with Crippen LogP contribution in [0.2, 0.25) is 5.02 Å². The van der Waals surface area contributed by atoms with E-state index in [0.29, 0.717) is 23.7 Å². The third kappa shape index (κ3) is 1.20. The maximum atomic E-state index is 11.7. The van der Waals surface area contributed by atoms with Gasteiger partial charge in [-0.1, -0.05) is 11.6 Å². The molecule has 0 saturated heterocycles. The first-order chi connectivity index (χ1) is 6.24. The van der Waals surface area contributed by atoms with Gasteiger partial charge in [-0.3, -0.25) is 9.78 Å². The average Bonchev–Trinajstić information content (AvgIpc) is 2.44. The van der Waals surface area contributed by atoms with Crippen molar-refractivity contribution in [2.24, 2.45) is 0 Å². The summed E-state index contributed by atoms with van der Waals surface area (Å²) < 4.78 is 0. The molecule has 13 heavy (non-hydrogen) atoms. The zero-order valence-electron chi connectivity index (χ0n) is 7.25. The third-order valence-corrected chi connectivity index (χ3v) is 2.52. The molecular weight excluding hydrogens is 188 g/mol. The Morgan fingerprint density at radius 3 is 3.08 bits per heavy atom. The van der Waals surface area contributed by atoms with E-state index in [9.17, 15) is 4.79 Å². The number of hydrogen-bond donors (Lipinski definition) is 0. The van der Waals surface area contributed by atoms with Crippen LogP contribution in [-0.4, -0.2) is 22.3 Å². The van der Waals surface area contributed by atoms with Crippen LogP contribution in [0.3, 0.4) is 0 Å². The third-order valence-electron chi connectivity index (χ3n) is 2.20. The first-order valence-corrected chi connectivity index (χ1v) is 4.54. The summed E-state index contributed by atoms with van der Waals surface area (Å²) in [5.74, 6) is -0.00407. The summed E-state index contributed by atoms with van der Waals surface area (Å²) in [4.78, 5) is 17.5. The molecule has 1 amide bonds. The van der Waals surface area contributed by atoms with Gasteiger partial charge >= 0.3 is 0 Å². The minimum atomic E-state index is -0.00407. The molecule has 0 aliphatic carbocycles. The Balaban J connectivity index is 2.50. The number of rotatable bonds is 1. The Kier molecular flexibility index (Phi) is 1.96. The molecule has 0 unspecified atom stereocenters. The van der Waals surface area contributed by atoms with Gasteiger partial charge in [-0.2, -0.15) is 0 Å². The van der Waals surface area contributed by atoms with Crippen molar-refractivity contribution in [2.45, 2.75) is 13.5 Å². The fraction of sp³-hybridized carbons (Fsp3) is 0.333. The SMILES string of the molecule is CCN1Cc2nccc(Cl)c2C1=O. The van der Waals surface area contributed by atoms with Crippen LogP contribution in [0.5, 0.6) is 0 Å². The van der Waals surface area contributed by atoms with Gasteiger partial charge in [0.25, 0.3) is 5.91 Å². The second kappa shape index (κ2) is 3.00. The Morgan fingerprint density at radius 2 is 2.46 bits per heavy atom. The van der Waals surface area contributed by atoms with Crippen LogP contribution in [0.1, 0.15) is 23.0 Å². The van der Waals surface area contributed by atoms with Crippen molar-refractivity contribution in [3.05, 3.63) is 28.5 Å². The minimum absolute atomic E-state index is 0.00407. The van der Waals surface area contributed by atoms with Crippen LogP contribution in [0, 0.1) is 0 Å². The van der Waals surface area contributed by atoms with Crippen LogP contribution < -0.4 is 0 Å². The molecule has 0 aromatic carbocycles. The van der Waals surface area contributed by atoms with Crippen molar-refractivity contribution in [1.29, 1.82) is 0 Å². The Hall–Kier alpha value is -1.09. The van der Waals surface area contributed by atoms with E-state index < -0.39 is 0 Å². The number of amides is 1. The molecule has 0 bridgehead atoms. The van der Waals surface area contributed by atoms with Crippen molar-refractivity contribution >= 4 is 17.5 Å². The molecule has 0 spiro atoms. The largest absolute Gasteiger partial charge is 0.333 e. The second-order valence-corrected chi connectivity index (χ2v) is 3.34. The van der Waals surface area contributed by atoms with Gasteiger partial charge in [0.1, 0.15) is 0 Å². The number of nitrogens with zero attached hydrogens (tertiary/aromatic N) is 2. The number of carbonyl (C=O) groups excluding carboxylic acids is 1. The van der Waals surface area contributed by atoms with Crippen molar-refractivity contribution < 1.29 is 4.79 Å². The molecule has 1 aliphatic heterocycles. The van der Waals surface area contributed by atoms with Crippen molar-refractivity contribution in [1.82, 2.24) is 9.88 Å². The number of fused-ring (bicyclic) bond motifs is 1. The van der Waals surface area contributed by atoms with Gasteiger partial charge in [0.15, 0.2) is 0 Å². The van der Waals surface area contributed by atoms with E-state index in [1.165, 1.54) is 0 Å². The lowest BCUT2D eigenvalue weighted by Crippen LogP contribution is -2.23. The molecule has 1 aromatic heterocycles. The molecule has 1 aromatic rings. The number of aromatic nitrogens is 1. The highest BCUT2D eigenvalue weighted by molar-refractivity contribution is 6.34. The molecule has 2 rings (SSSR count). The summed E-state index contributed by atoms with van der Waals surface area (Å²) in [7, 11) is 0. The van der Waals surface area contributed by atoms with Crippen molar-refractivity contribution in [2.75, 3.05) is 6.54 Å². The fourth-order valence-corrected chi connectivity index (χ4v) is 1.74. The van der Waals surface area contributed by atoms with Gasteiger partial charge in [-0.05, 0) is 13.0 Å². The number of carbonyl (C=O) groups is 1. The second-order valence-electron chi connectivity index (χ2n) is 2.93. The molecule has 0 N–H and O–H groups in total. The zero-order chi connectivity index (χ0) is 9.42. The Labute approximate surface area is 81.3 Å². The molecule has 0 fully saturated rings. The normalized spacial score (nSPS) is 14.9. The summed E-state index contributed by atoms with van der Waals surface area (Å²) in [6, 6.07) is 1.65. The lowest BCUT2D eigenvalue weighted by Gasteiger charge is -2.10. The number of pyridine rings is 1. The Morgan fingerprint density at radius 1 is 1.69 bits per heavy atom. The summed E-state index contributed by atoms with van der Waals surface area (Å²) >= 11 is 5.90. The van der Waals surface area contributed by atoms with E-state index in [2.05, 4.69) is 4.98 Å². The average molecular weight is 197 g/mol. The van der Waals surface area contributed by atoms with Crippen LogP contribution in [0.4, 0.5) is 0 Å². The molecule has 4 heteroatoms. The molecule has 0 atom stereocenters. The molecular formula is C9H9ClN2O. The van der Waals surface area contributed by atoms with Crippen LogP contribution >= 0.6 is 11.6 Å². The van der Waals surface area contributed by atoms with Gasteiger partial charge in [0, 0.05) is 12.7 Å². The van der Waals surface area contributed by atoms with Crippen molar-refractivity contribution in [3.63, 3.8) is 0 Å². The highest BCUT2D eigenvalue weighted by Gasteiger charge is 2.29. The van der Waals surface area contributed by atoms with E-state index in [1.54, 1.807) is 17.2 Å². The monoisotopic (exact) mass is 196 g/mol. The van der Waals surface area contributed by atoms with E-state index >= 15 is 0 Å². The minimum Gasteiger partial charge on any atom is -0.333 e. The molecule has 0 saturated carbocycles. The molecule has 3 nitrogen and oxygen atoms in total. The molecule has 1 aliphatic rings. The summed E-state index contributed by atoms with van der Waals surface area (Å²) in [6.45, 7) is 3.23. The van der Waals surface area contributed by atoms with E-state index in [1.807, 2.05) is 6.92 Å². The highest BCUT2D eigenvalue weighted by Crippen LogP contribution is 2.26. The summed E-state index contributed by atoms with van der Waals surface area (Å²) in [6.07, 6.45) is 1.63. The van der Waals surface area contributed by atoms with Crippen LogP contribution in [-0.2, 0) is 6.54 Å². The van der Waals surface area contributed by atoms with Crippen molar-refractivity contribution in [3.8, 4) is 0 Å². The quantitative estimate of drug-likeness (QED) is 0.685. The first-order valence-electron chi connectivity index (χ1n) is 4.16. The number of halogens is 1. The van der Waals surface area contributed by atoms with Gasteiger partial charge in [0.2, 0.25) is 0 Å². The molecule has 0 radical (unpaired) electrons. The predicted molar refractivity (Wildman–Crippen MR) is 49.7 cm³/mol. The van der Waals surface area contributed by atoms with Gasteiger partial charge in [-0.15, -0.1) is 0 Å². The fourth-order valence-electron chi connectivity index (χ4n) is 1.49. The topological polar surface area (TPSA) is 33.2 Å². The summed E-state index contributed by atoms with van der Waals surface area (Å²) in [5, 5.41) is 0.506. The van der Waals surface area contributed by atoms with Gasteiger partial charge < -0.3 is 4.90 Å². The molecule has 68 valence electrons. The lowest BCUT2D eigenvalue weighted by molar-refractivity contribution is 0.0787. The maximum Gasteiger partial charge on any atom is 0.257 e. The van der Waals surface area contributed by atoms with Gasteiger partial charge in [0.05, 0.1) is 22.8 Å². The standard InChI is InChI=1S/C9H9ClN2O/c1-2-12-5-7-8(9(12)13)6(10)3-4-11-7/h3-4H,2,5H2,1H3. The maximum absolute atomic E-state index is 11.7. The predicted octanol–water partition coefficient (Wildman–Crippen LogP) is 1.71. The van der Waals surface area contributed by atoms with E-state index in [0.717, 1.165) is 5.69 Å². The number of hydrogen-bond acceptors (Lipinski definition) is 2. The Bertz CT molecular complexity index is 365. The van der Waals surface area contributed by atoms with Crippen LogP contribution in [0.25, 0.3) is 0 Å². The van der Waals surface area contributed by atoms with E-state index in [-0.39, 0.29) is 5.91 Å². The summed E-state index contributed by atoms with van der Waals surface area (Å²) in [5.41, 5.74) is 1.37.